The Balaban J connectivity index is 2.11. The van der Waals surface area contributed by atoms with Crippen LogP contribution in [0.4, 0.5) is 5.82 Å². The van der Waals surface area contributed by atoms with E-state index in [0.29, 0.717) is 17.5 Å². The van der Waals surface area contributed by atoms with Gasteiger partial charge in [-0.2, -0.15) is 0 Å². The number of ether oxygens (including phenoxy) is 1. The van der Waals surface area contributed by atoms with Gasteiger partial charge < -0.3 is 10.5 Å². The molecule has 98 valence electrons. The molecule has 0 unspecified atom stereocenters. The van der Waals surface area contributed by atoms with Gasteiger partial charge >= 0.3 is 0 Å². The third-order valence-corrected chi connectivity index (χ3v) is 3.37. The molecule has 2 aromatic rings. The summed E-state index contributed by atoms with van der Waals surface area (Å²) in [7, 11) is 1.62. The highest BCUT2D eigenvalue weighted by atomic mass is 16.5. The van der Waals surface area contributed by atoms with Crippen LogP contribution >= 0.6 is 0 Å². The fourth-order valence-corrected chi connectivity index (χ4v) is 2.02. The van der Waals surface area contributed by atoms with E-state index >= 15 is 0 Å². The lowest BCUT2D eigenvalue weighted by atomic mass is 10.1. The van der Waals surface area contributed by atoms with Crippen LogP contribution in [0.15, 0.2) is 18.5 Å². The second kappa shape index (κ2) is 4.50. The summed E-state index contributed by atoms with van der Waals surface area (Å²) >= 11 is 0. The van der Waals surface area contributed by atoms with Crippen molar-refractivity contribution in [1.29, 1.82) is 0 Å². The molecule has 2 heterocycles. The van der Waals surface area contributed by atoms with Gasteiger partial charge in [-0.25, -0.2) is 9.97 Å². The number of pyridine rings is 1. The van der Waals surface area contributed by atoms with Crippen molar-refractivity contribution in [3.63, 3.8) is 0 Å². The Morgan fingerprint density at radius 2 is 2.05 bits per heavy atom. The van der Waals surface area contributed by atoms with Crippen LogP contribution in [0.25, 0.3) is 11.3 Å². The lowest BCUT2D eigenvalue weighted by Gasteiger charge is -2.10. The quantitative estimate of drug-likeness (QED) is 0.912. The number of rotatable bonds is 3. The van der Waals surface area contributed by atoms with E-state index in [2.05, 4.69) is 15.0 Å². The van der Waals surface area contributed by atoms with Gasteiger partial charge in [-0.1, -0.05) is 0 Å². The van der Waals surface area contributed by atoms with Crippen LogP contribution in [0.5, 0.6) is 5.75 Å². The molecule has 0 saturated heterocycles. The van der Waals surface area contributed by atoms with Crippen molar-refractivity contribution in [3.05, 3.63) is 29.8 Å². The first-order chi connectivity index (χ1) is 9.19. The molecule has 0 atom stereocenters. The van der Waals surface area contributed by atoms with E-state index in [1.165, 1.54) is 0 Å². The third kappa shape index (κ3) is 2.23. The summed E-state index contributed by atoms with van der Waals surface area (Å²) in [5, 5.41) is 0. The SMILES string of the molecule is COc1cncc(-c2nc(C3CC3)nc(N)c2C)c1. The van der Waals surface area contributed by atoms with Crippen molar-refractivity contribution < 1.29 is 4.74 Å². The van der Waals surface area contributed by atoms with Gasteiger partial charge in [0.25, 0.3) is 0 Å². The van der Waals surface area contributed by atoms with Crippen LogP contribution < -0.4 is 10.5 Å². The molecule has 3 rings (SSSR count). The Labute approximate surface area is 111 Å². The maximum atomic E-state index is 5.99. The number of nitrogens with zero attached hydrogens (tertiary/aromatic N) is 3. The standard InChI is InChI=1S/C14H16N4O/c1-8-12(10-5-11(19-2)7-16-6-10)17-14(9-3-4-9)18-13(8)15/h5-7,9H,3-4H2,1-2H3,(H2,15,17,18). The highest BCUT2D eigenvalue weighted by molar-refractivity contribution is 5.67. The Morgan fingerprint density at radius 1 is 1.26 bits per heavy atom. The van der Waals surface area contributed by atoms with Crippen LogP contribution in [0, 0.1) is 6.92 Å². The smallest absolute Gasteiger partial charge is 0.137 e. The molecule has 2 aromatic heterocycles. The predicted molar refractivity (Wildman–Crippen MR) is 72.9 cm³/mol. The van der Waals surface area contributed by atoms with E-state index in [4.69, 9.17) is 10.5 Å². The fourth-order valence-electron chi connectivity index (χ4n) is 2.02. The van der Waals surface area contributed by atoms with E-state index in [1.54, 1.807) is 19.5 Å². The molecule has 19 heavy (non-hydrogen) atoms. The molecule has 0 radical (unpaired) electrons. The molecule has 0 bridgehead atoms. The lowest BCUT2D eigenvalue weighted by Crippen LogP contribution is -2.04. The Kier molecular flexibility index (Phi) is 2.81. The van der Waals surface area contributed by atoms with Gasteiger partial charge in [-0.15, -0.1) is 0 Å². The summed E-state index contributed by atoms with van der Waals surface area (Å²) in [5.74, 6) is 2.58. The second-order valence-corrected chi connectivity index (χ2v) is 4.83. The van der Waals surface area contributed by atoms with Crippen LogP contribution in [-0.4, -0.2) is 22.1 Å². The number of aromatic nitrogens is 3. The van der Waals surface area contributed by atoms with Gasteiger partial charge in [0, 0.05) is 23.2 Å². The summed E-state index contributed by atoms with van der Waals surface area (Å²) in [6.07, 6.45) is 5.75. The first-order valence-electron chi connectivity index (χ1n) is 6.32. The van der Waals surface area contributed by atoms with Crippen LogP contribution in [0.3, 0.4) is 0 Å². The Morgan fingerprint density at radius 3 is 2.74 bits per heavy atom. The molecule has 0 amide bonds. The normalized spacial score (nSPS) is 14.4. The number of hydrogen-bond donors (Lipinski definition) is 1. The average Bonchev–Trinajstić information content (AvgIpc) is 3.26. The van der Waals surface area contributed by atoms with Crippen LogP contribution in [0.1, 0.15) is 30.1 Å². The first kappa shape index (κ1) is 11.9. The molecule has 0 aromatic carbocycles. The Hall–Kier alpha value is -2.17. The molecule has 1 saturated carbocycles. The second-order valence-electron chi connectivity index (χ2n) is 4.83. The lowest BCUT2D eigenvalue weighted by molar-refractivity contribution is 0.413. The zero-order valence-corrected chi connectivity index (χ0v) is 11.1. The van der Waals surface area contributed by atoms with E-state index in [9.17, 15) is 0 Å². The van der Waals surface area contributed by atoms with Crippen LogP contribution in [-0.2, 0) is 0 Å². The highest BCUT2D eigenvalue weighted by Gasteiger charge is 2.28. The average molecular weight is 256 g/mol. The summed E-state index contributed by atoms with van der Waals surface area (Å²) < 4.78 is 5.20. The molecule has 1 aliphatic carbocycles. The van der Waals surface area contributed by atoms with Gasteiger partial charge in [0.15, 0.2) is 0 Å². The summed E-state index contributed by atoms with van der Waals surface area (Å²) in [6, 6.07) is 1.92. The topological polar surface area (TPSA) is 73.9 Å². The molecule has 1 aliphatic rings. The zero-order chi connectivity index (χ0) is 13.4. The fraction of sp³-hybridized carbons (Fsp3) is 0.357. The largest absolute Gasteiger partial charge is 0.495 e. The monoisotopic (exact) mass is 256 g/mol. The first-order valence-corrected chi connectivity index (χ1v) is 6.32. The minimum Gasteiger partial charge on any atom is -0.495 e. The number of hydrogen-bond acceptors (Lipinski definition) is 5. The molecule has 1 fully saturated rings. The number of nitrogens with two attached hydrogens (primary N) is 1. The van der Waals surface area contributed by atoms with Crippen molar-refractivity contribution >= 4 is 5.82 Å². The van der Waals surface area contributed by atoms with Crippen molar-refractivity contribution in [2.24, 2.45) is 0 Å². The van der Waals surface area contributed by atoms with Gasteiger partial charge in [0.1, 0.15) is 17.4 Å². The molecule has 0 spiro atoms. The summed E-state index contributed by atoms with van der Waals surface area (Å²) in [4.78, 5) is 13.2. The van der Waals surface area contributed by atoms with E-state index in [1.807, 2.05) is 13.0 Å². The number of anilines is 1. The number of methoxy groups -OCH3 is 1. The molecule has 0 aliphatic heterocycles. The van der Waals surface area contributed by atoms with Gasteiger partial charge in [-0.3, -0.25) is 4.98 Å². The van der Waals surface area contributed by atoms with E-state index in [0.717, 1.165) is 35.5 Å². The summed E-state index contributed by atoms with van der Waals surface area (Å²) in [6.45, 7) is 1.93. The van der Waals surface area contributed by atoms with Gasteiger partial charge in [0.2, 0.25) is 0 Å². The maximum Gasteiger partial charge on any atom is 0.137 e. The van der Waals surface area contributed by atoms with Gasteiger partial charge in [0.05, 0.1) is 19.0 Å². The van der Waals surface area contributed by atoms with Crippen LogP contribution in [0.2, 0.25) is 0 Å². The minimum atomic E-state index is 0.472. The highest BCUT2D eigenvalue weighted by Crippen LogP contribution is 2.39. The van der Waals surface area contributed by atoms with Gasteiger partial charge in [-0.05, 0) is 25.8 Å². The molecule has 5 heteroatoms. The summed E-state index contributed by atoms with van der Waals surface area (Å²) in [5.41, 5.74) is 8.64. The predicted octanol–water partition coefficient (Wildman–Crippen LogP) is 2.32. The molecule has 5 nitrogen and oxygen atoms in total. The van der Waals surface area contributed by atoms with E-state index in [-0.39, 0.29) is 0 Å². The minimum absolute atomic E-state index is 0.472. The van der Waals surface area contributed by atoms with Crippen molar-refractivity contribution in [3.8, 4) is 17.0 Å². The molecular formula is C14H16N4O. The van der Waals surface area contributed by atoms with E-state index < -0.39 is 0 Å². The molecular weight excluding hydrogens is 240 g/mol. The third-order valence-electron chi connectivity index (χ3n) is 3.37. The maximum absolute atomic E-state index is 5.99. The van der Waals surface area contributed by atoms with Crippen molar-refractivity contribution in [1.82, 2.24) is 15.0 Å². The zero-order valence-electron chi connectivity index (χ0n) is 11.1. The number of nitrogen functional groups attached to an aromatic ring is 1. The van der Waals surface area contributed by atoms with Crippen molar-refractivity contribution in [2.45, 2.75) is 25.7 Å². The molecule has 2 N–H and O–H groups in total. The van der Waals surface area contributed by atoms with Crippen molar-refractivity contribution in [2.75, 3.05) is 12.8 Å². The Bertz CT molecular complexity index is 623.